The summed E-state index contributed by atoms with van der Waals surface area (Å²) in [6.07, 6.45) is 11.1. The van der Waals surface area contributed by atoms with Crippen molar-refractivity contribution in [3.05, 3.63) is 54.4 Å². The second kappa shape index (κ2) is 7.85. The van der Waals surface area contributed by atoms with Crippen LogP contribution in [0.1, 0.15) is 23.2 Å². The molecule has 124 valence electrons. The molecule has 1 saturated heterocycles. The summed E-state index contributed by atoms with van der Waals surface area (Å²) in [5, 5.41) is 0. The van der Waals surface area contributed by atoms with Crippen molar-refractivity contribution in [2.24, 2.45) is 5.92 Å². The number of rotatable bonds is 5. The third kappa shape index (κ3) is 3.87. The normalized spacial score (nSPS) is 15.2. The summed E-state index contributed by atoms with van der Waals surface area (Å²) < 4.78 is 7.43. The first-order valence-electron chi connectivity index (χ1n) is 8.32. The predicted octanol–water partition coefficient (Wildman–Crippen LogP) is 2.98. The standard InChI is InChI=1S/C20H22N2O2/c1-2-15-24-16-17-9-13-22(14-10-17)20(23)18-5-7-19(8-6-18)21-11-3-4-12-21/h1,3-8,11-12,17H,9-10,13-16H2. The highest BCUT2D eigenvalue weighted by Gasteiger charge is 2.23. The van der Waals surface area contributed by atoms with Gasteiger partial charge in [-0.1, -0.05) is 5.92 Å². The maximum atomic E-state index is 12.6. The average molecular weight is 322 g/mol. The minimum atomic E-state index is 0.108. The fraction of sp³-hybridized carbons (Fsp3) is 0.350. The summed E-state index contributed by atoms with van der Waals surface area (Å²) in [4.78, 5) is 14.6. The van der Waals surface area contributed by atoms with E-state index in [0.29, 0.717) is 19.1 Å². The molecule has 0 radical (unpaired) electrons. The van der Waals surface area contributed by atoms with Gasteiger partial charge in [-0.25, -0.2) is 0 Å². The molecule has 0 saturated carbocycles. The maximum Gasteiger partial charge on any atom is 0.253 e. The van der Waals surface area contributed by atoms with Gasteiger partial charge in [0.2, 0.25) is 0 Å². The number of carbonyl (C=O) groups excluding carboxylic acids is 1. The molecule has 1 fully saturated rings. The maximum absolute atomic E-state index is 12.6. The molecule has 1 aromatic heterocycles. The number of piperidine rings is 1. The van der Waals surface area contributed by atoms with Crippen molar-refractivity contribution < 1.29 is 9.53 Å². The first kappa shape index (κ1) is 16.4. The van der Waals surface area contributed by atoms with Crippen LogP contribution >= 0.6 is 0 Å². The number of terminal acetylenes is 1. The smallest absolute Gasteiger partial charge is 0.253 e. The SMILES string of the molecule is C#CCOCC1CCN(C(=O)c2ccc(-n3cccc3)cc2)CC1. The van der Waals surface area contributed by atoms with E-state index in [1.54, 1.807) is 0 Å². The summed E-state index contributed by atoms with van der Waals surface area (Å²) in [5.41, 5.74) is 1.80. The summed E-state index contributed by atoms with van der Waals surface area (Å²) in [6, 6.07) is 11.7. The molecular formula is C20H22N2O2. The van der Waals surface area contributed by atoms with Crippen molar-refractivity contribution in [2.75, 3.05) is 26.3 Å². The van der Waals surface area contributed by atoms with Crippen LogP contribution in [0.5, 0.6) is 0 Å². The Balaban J connectivity index is 1.55. The lowest BCUT2D eigenvalue weighted by Gasteiger charge is -2.31. The molecule has 0 N–H and O–H groups in total. The number of hydrogen-bond acceptors (Lipinski definition) is 2. The number of benzene rings is 1. The van der Waals surface area contributed by atoms with E-state index in [9.17, 15) is 4.79 Å². The van der Waals surface area contributed by atoms with Crippen molar-refractivity contribution in [2.45, 2.75) is 12.8 Å². The molecule has 0 aliphatic carbocycles. The van der Waals surface area contributed by atoms with Crippen molar-refractivity contribution in [3.8, 4) is 18.0 Å². The molecule has 0 unspecified atom stereocenters. The van der Waals surface area contributed by atoms with Crippen molar-refractivity contribution in [3.63, 3.8) is 0 Å². The van der Waals surface area contributed by atoms with Gasteiger partial charge in [-0.2, -0.15) is 0 Å². The third-order valence-corrected chi connectivity index (χ3v) is 4.46. The molecule has 1 aliphatic rings. The zero-order valence-corrected chi connectivity index (χ0v) is 13.7. The lowest BCUT2D eigenvalue weighted by Crippen LogP contribution is -2.39. The van der Waals surface area contributed by atoms with Gasteiger partial charge in [-0.05, 0) is 55.2 Å². The molecule has 4 nitrogen and oxygen atoms in total. The van der Waals surface area contributed by atoms with Crippen LogP contribution in [0.4, 0.5) is 0 Å². The number of likely N-dealkylation sites (tertiary alicyclic amines) is 1. The van der Waals surface area contributed by atoms with E-state index in [4.69, 9.17) is 11.2 Å². The Labute approximate surface area is 143 Å². The van der Waals surface area contributed by atoms with Gasteiger partial charge < -0.3 is 14.2 Å². The molecule has 1 aromatic carbocycles. The van der Waals surface area contributed by atoms with E-state index in [2.05, 4.69) is 5.92 Å². The van der Waals surface area contributed by atoms with Gasteiger partial charge in [0.15, 0.2) is 0 Å². The Hall–Kier alpha value is -2.51. The van der Waals surface area contributed by atoms with Crippen LogP contribution in [0.3, 0.4) is 0 Å². The molecule has 2 heterocycles. The van der Waals surface area contributed by atoms with Gasteiger partial charge >= 0.3 is 0 Å². The van der Waals surface area contributed by atoms with Gasteiger partial charge in [0.25, 0.3) is 5.91 Å². The van der Waals surface area contributed by atoms with Crippen LogP contribution in [0, 0.1) is 18.3 Å². The number of amides is 1. The Morgan fingerprint density at radius 1 is 1.17 bits per heavy atom. The van der Waals surface area contributed by atoms with E-state index < -0.39 is 0 Å². The quantitative estimate of drug-likeness (QED) is 0.626. The van der Waals surface area contributed by atoms with Crippen LogP contribution in [0.2, 0.25) is 0 Å². The Kier molecular flexibility index (Phi) is 5.35. The monoisotopic (exact) mass is 322 g/mol. The van der Waals surface area contributed by atoms with Crippen LogP contribution in [-0.4, -0.2) is 41.7 Å². The Bertz CT molecular complexity index is 690. The third-order valence-electron chi connectivity index (χ3n) is 4.46. The molecular weight excluding hydrogens is 300 g/mol. The van der Waals surface area contributed by atoms with E-state index >= 15 is 0 Å². The molecule has 2 aromatic rings. The van der Waals surface area contributed by atoms with Crippen molar-refractivity contribution in [1.29, 1.82) is 0 Å². The number of carbonyl (C=O) groups is 1. The van der Waals surface area contributed by atoms with Gasteiger partial charge in [0, 0.05) is 36.7 Å². The lowest BCUT2D eigenvalue weighted by atomic mass is 9.97. The highest BCUT2D eigenvalue weighted by Crippen LogP contribution is 2.20. The highest BCUT2D eigenvalue weighted by molar-refractivity contribution is 5.94. The first-order valence-corrected chi connectivity index (χ1v) is 8.32. The van der Waals surface area contributed by atoms with Crippen molar-refractivity contribution in [1.82, 2.24) is 9.47 Å². The Morgan fingerprint density at radius 2 is 1.83 bits per heavy atom. The van der Waals surface area contributed by atoms with Crippen LogP contribution < -0.4 is 0 Å². The van der Waals surface area contributed by atoms with E-state index in [1.165, 1.54) is 0 Å². The van der Waals surface area contributed by atoms with Crippen LogP contribution in [0.25, 0.3) is 5.69 Å². The molecule has 0 atom stereocenters. The molecule has 1 aliphatic heterocycles. The molecule has 0 spiro atoms. The average Bonchev–Trinajstić information content (AvgIpc) is 3.17. The van der Waals surface area contributed by atoms with Gasteiger partial charge in [0.1, 0.15) is 6.61 Å². The topological polar surface area (TPSA) is 34.5 Å². The molecule has 3 rings (SSSR count). The summed E-state index contributed by atoms with van der Waals surface area (Å²) in [7, 11) is 0. The summed E-state index contributed by atoms with van der Waals surface area (Å²) in [6.45, 7) is 2.62. The second-order valence-corrected chi connectivity index (χ2v) is 6.09. The number of aromatic nitrogens is 1. The second-order valence-electron chi connectivity index (χ2n) is 6.09. The van der Waals surface area contributed by atoms with Crippen molar-refractivity contribution >= 4 is 5.91 Å². The van der Waals surface area contributed by atoms with Gasteiger partial charge in [-0.3, -0.25) is 4.79 Å². The van der Waals surface area contributed by atoms with E-state index in [0.717, 1.165) is 37.2 Å². The zero-order valence-electron chi connectivity index (χ0n) is 13.7. The highest BCUT2D eigenvalue weighted by atomic mass is 16.5. The van der Waals surface area contributed by atoms with E-state index in [1.807, 2.05) is 58.3 Å². The number of ether oxygens (including phenoxy) is 1. The fourth-order valence-electron chi connectivity index (χ4n) is 3.05. The summed E-state index contributed by atoms with van der Waals surface area (Å²) in [5.74, 6) is 3.09. The predicted molar refractivity (Wildman–Crippen MR) is 94.0 cm³/mol. The zero-order chi connectivity index (χ0) is 16.8. The molecule has 0 bridgehead atoms. The minimum Gasteiger partial charge on any atom is -0.369 e. The van der Waals surface area contributed by atoms with Crippen LogP contribution in [-0.2, 0) is 4.74 Å². The number of hydrogen-bond donors (Lipinski definition) is 0. The van der Waals surface area contributed by atoms with E-state index in [-0.39, 0.29) is 5.91 Å². The van der Waals surface area contributed by atoms with Gasteiger partial charge in [-0.15, -0.1) is 6.42 Å². The summed E-state index contributed by atoms with van der Waals surface area (Å²) >= 11 is 0. The van der Waals surface area contributed by atoms with Gasteiger partial charge in [0.05, 0.1) is 6.61 Å². The largest absolute Gasteiger partial charge is 0.369 e. The number of nitrogens with zero attached hydrogens (tertiary/aromatic N) is 2. The fourth-order valence-corrected chi connectivity index (χ4v) is 3.05. The lowest BCUT2D eigenvalue weighted by molar-refractivity contribution is 0.0582. The Morgan fingerprint density at radius 3 is 2.46 bits per heavy atom. The molecule has 1 amide bonds. The first-order chi connectivity index (χ1) is 11.8. The molecule has 24 heavy (non-hydrogen) atoms. The van der Waals surface area contributed by atoms with Crippen LogP contribution in [0.15, 0.2) is 48.8 Å². The molecule has 4 heteroatoms. The minimum absolute atomic E-state index is 0.108.